The smallest absolute Gasteiger partial charge is 0.313 e. The van der Waals surface area contributed by atoms with E-state index in [1.165, 1.54) is 0 Å². The summed E-state index contributed by atoms with van der Waals surface area (Å²) in [5.74, 6) is 1.39. The topological polar surface area (TPSA) is 92.7 Å². The van der Waals surface area contributed by atoms with E-state index in [1.54, 1.807) is 27.4 Å². The van der Waals surface area contributed by atoms with E-state index in [-0.39, 0.29) is 19.4 Å². The fraction of sp³-hybridized carbons (Fsp3) is 0.435. The van der Waals surface area contributed by atoms with Crippen LogP contribution in [0.5, 0.6) is 28.7 Å². The van der Waals surface area contributed by atoms with Crippen molar-refractivity contribution in [3.05, 3.63) is 41.0 Å². The number of cyclic esters (lactones) is 1. The fourth-order valence-electron chi connectivity index (χ4n) is 5.21. The molecule has 3 aliphatic rings. The van der Waals surface area contributed by atoms with E-state index in [1.807, 2.05) is 25.1 Å². The molecule has 4 atom stereocenters. The zero-order valence-electron chi connectivity index (χ0n) is 17.8. The van der Waals surface area contributed by atoms with Crippen LogP contribution in [0.1, 0.15) is 35.6 Å². The summed E-state index contributed by atoms with van der Waals surface area (Å²) in [6, 6.07) is 7.33. The van der Waals surface area contributed by atoms with Crippen molar-refractivity contribution in [3.63, 3.8) is 0 Å². The van der Waals surface area contributed by atoms with E-state index < -0.39 is 23.4 Å². The highest BCUT2D eigenvalue weighted by atomic mass is 16.7. The molecule has 0 aromatic heterocycles. The summed E-state index contributed by atoms with van der Waals surface area (Å²) in [7, 11) is 4.64. The average Bonchev–Trinajstić information content (AvgIpc) is 3.36. The molecule has 31 heavy (non-hydrogen) atoms. The highest BCUT2D eigenvalue weighted by molar-refractivity contribution is 5.83. The lowest BCUT2D eigenvalue weighted by molar-refractivity contribution is -0.147. The second kappa shape index (κ2) is 6.95. The van der Waals surface area contributed by atoms with Crippen LogP contribution in [0.4, 0.5) is 0 Å². The number of esters is 1. The van der Waals surface area contributed by atoms with Crippen LogP contribution >= 0.6 is 0 Å². The Hall–Kier alpha value is -3.13. The molecule has 0 saturated carbocycles. The van der Waals surface area contributed by atoms with E-state index in [9.17, 15) is 9.90 Å². The van der Waals surface area contributed by atoms with Gasteiger partial charge in [0.1, 0.15) is 0 Å². The number of hydrogen-bond acceptors (Lipinski definition) is 8. The fourth-order valence-corrected chi connectivity index (χ4v) is 5.21. The summed E-state index contributed by atoms with van der Waals surface area (Å²) in [4.78, 5) is 13.1. The van der Waals surface area contributed by atoms with E-state index in [4.69, 9.17) is 28.4 Å². The Bertz CT molecular complexity index is 1040. The monoisotopic (exact) mass is 428 g/mol. The number of fused-ring (bicyclic) bond motifs is 3. The number of rotatable bonds is 4. The van der Waals surface area contributed by atoms with Crippen LogP contribution < -0.4 is 23.7 Å². The van der Waals surface area contributed by atoms with Crippen molar-refractivity contribution in [1.82, 2.24) is 0 Å². The molecule has 8 heteroatoms. The molecule has 0 bridgehead atoms. The van der Waals surface area contributed by atoms with Crippen molar-refractivity contribution in [1.29, 1.82) is 0 Å². The summed E-state index contributed by atoms with van der Waals surface area (Å²) < 4.78 is 33.1. The minimum Gasteiger partial charge on any atom is -0.493 e. The first kappa shape index (κ1) is 19.8. The SMILES string of the molecule is COc1cc([C@@H]2c3cc4c(cc3[C@H](O)[C@H]3COC(=O)[C@]23C)OCO4)cc(OC)c1OC. The van der Waals surface area contributed by atoms with Crippen LogP contribution in [0, 0.1) is 11.3 Å². The molecule has 2 heterocycles. The molecule has 0 amide bonds. The third-order valence-corrected chi connectivity index (χ3v) is 6.81. The van der Waals surface area contributed by atoms with Crippen molar-refractivity contribution >= 4 is 5.97 Å². The Kier molecular flexibility index (Phi) is 4.44. The van der Waals surface area contributed by atoms with Gasteiger partial charge in [0, 0.05) is 11.8 Å². The van der Waals surface area contributed by atoms with Gasteiger partial charge in [0.05, 0.1) is 39.5 Å². The largest absolute Gasteiger partial charge is 0.493 e. The Labute approximate surface area is 179 Å². The van der Waals surface area contributed by atoms with Gasteiger partial charge < -0.3 is 33.5 Å². The summed E-state index contributed by atoms with van der Waals surface area (Å²) in [5.41, 5.74) is 1.27. The molecule has 5 rings (SSSR count). The van der Waals surface area contributed by atoms with Crippen molar-refractivity contribution in [2.45, 2.75) is 18.9 Å². The van der Waals surface area contributed by atoms with Crippen LogP contribution in [0.15, 0.2) is 24.3 Å². The van der Waals surface area contributed by atoms with Gasteiger partial charge in [0.15, 0.2) is 23.0 Å². The third-order valence-electron chi connectivity index (χ3n) is 6.81. The van der Waals surface area contributed by atoms with Crippen LogP contribution in [0.2, 0.25) is 0 Å². The number of aliphatic hydroxyl groups excluding tert-OH is 1. The van der Waals surface area contributed by atoms with Crippen LogP contribution in [-0.4, -0.2) is 45.8 Å². The van der Waals surface area contributed by atoms with E-state index >= 15 is 0 Å². The summed E-state index contributed by atoms with van der Waals surface area (Å²) in [6.45, 7) is 2.11. The van der Waals surface area contributed by atoms with Crippen LogP contribution in [-0.2, 0) is 9.53 Å². The molecule has 0 spiro atoms. The van der Waals surface area contributed by atoms with Crippen LogP contribution in [0.3, 0.4) is 0 Å². The van der Waals surface area contributed by atoms with Gasteiger partial charge in [-0.15, -0.1) is 0 Å². The van der Waals surface area contributed by atoms with Gasteiger partial charge in [0.25, 0.3) is 0 Å². The lowest BCUT2D eigenvalue weighted by Gasteiger charge is -2.44. The second-order valence-corrected chi connectivity index (χ2v) is 8.16. The van der Waals surface area contributed by atoms with Crippen molar-refractivity contribution in [2.24, 2.45) is 11.3 Å². The minimum atomic E-state index is -0.995. The normalized spacial score (nSPS) is 27.9. The third kappa shape index (κ3) is 2.61. The zero-order valence-corrected chi connectivity index (χ0v) is 17.8. The molecule has 1 N–H and O–H groups in total. The number of carbonyl (C=O) groups is 1. The first-order valence-corrected chi connectivity index (χ1v) is 10.0. The highest BCUT2D eigenvalue weighted by Gasteiger charge is 2.61. The predicted molar refractivity (Wildman–Crippen MR) is 108 cm³/mol. The lowest BCUT2D eigenvalue weighted by Crippen LogP contribution is -2.44. The number of carbonyl (C=O) groups excluding carboxylic acids is 1. The number of ether oxygens (including phenoxy) is 6. The maximum absolute atomic E-state index is 13.1. The number of benzene rings is 2. The molecular weight excluding hydrogens is 404 g/mol. The zero-order chi connectivity index (χ0) is 21.9. The molecule has 2 aliphatic heterocycles. The van der Waals surface area contributed by atoms with Crippen LogP contribution in [0.25, 0.3) is 0 Å². The number of aliphatic hydroxyl groups is 1. The summed E-state index contributed by atoms with van der Waals surface area (Å²) in [6.07, 6.45) is -0.876. The van der Waals surface area contributed by atoms with E-state index in [0.29, 0.717) is 34.3 Å². The molecule has 8 nitrogen and oxygen atoms in total. The van der Waals surface area contributed by atoms with Gasteiger partial charge in [-0.2, -0.15) is 0 Å². The minimum absolute atomic E-state index is 0.117. The summed E-state index contributed by atoms with van der Waals surface area (Å²) >= 11 is 0. The molecule has 2 aromatic carbocycles. The first-order chi connectivity index (χ1) is 14.9. The maximum atomic E-state index is 13.1. The Balaban J connectivity index is 1.79. The lowest BCUT2D eigenvalue weighted by atomic mass is 9.57. The molecule has 0 radical (unpaired) electrons. The van der Waals surface area contributed by atoms with Gasteiger partial charge >= 0.3 is 5.97 Å². The molecule has 2 aromatic rings. The molecule has 0 unspecified atom stereocenters. The van der Waals surface area contributed by atoms with E-state index in [2.05, 4.69) is 0 Å². The molecule has 1 aliphatic carbocycles. The van der Waals surface area contributed by atoms with Crippen molar-refractivity contribution < 1.29 is 38.3 Å². The van der Waals surface area contributed by atoms with Crippen molar-refractivity contribution in [3.8, 4) is 28.7 Å². The molecule has 1 saturated heterocycles. The second-order valence-electron chi connectivity index (χ2n) is 8.16. The van der Waals surface area contributed by atoms with Crippen molar-refractivity contribution in [2.75, 3.05) is 34.7 Å². The number of hydrogen-bond donors (Lipinski definition) is 1. The van der Waals surface area contributed by atoms with Gasteiger partial charge in [0.2, 0.25) is 12.5 Å². The molecular formula is C23H24O8. The molecule has 1 fully saturated rings. The van der Waals surface area contributed by atoms with Gasteiger partial charge in [-0.1, -0.05) is 0 Å². The predicted octanol–water partition coefficient (Wildman–Crippen LogP) is 2.80. The Morgan fingerprint density at radius 2 is 1.55 bits per heavy atom. The first-order valence-electron chi connectivity index (χ1n) is 10.0. The Morgan fingerprint density at radius 1 is 0.935 bits per heavy atom. The highest BCUT2D eigenvalue weighted by Crippen LogP contribution is 2.61. The summed E-state index contributed by atoms with van der Waals surface area (Å²) in [5, 5.41) is 11.2. The number of methoxy groups -OCH3 is 3. The average molecular weight is 428 g/mol. The Morgan fingerprint density at radius 3 is 2.13 bits per heavy atom. The molecule has 164 valence electrons. The standard InChI is InChI=1S/C23H24O8/c1-23-14(9-29-22(23)25)20(24)13-8-16-15(30-10-31-16)7-12(13)19(23)11-5-17(26-2)21(28-4)18(6-11)27-3/h5-8,14,19-20,24H,9-10H2,1-4H3/t14-,19-,20+,23+/m1/s1. The quantitative estimate of drug-likeness (QED) is 0.744. The van der Waals surface area contributed by atoms with Gasteiger partial charge in [-0.3, -0.25) is 4.79 Å². The van der Waals surface area contributed by atoms with Gasteiger partial charge in [-0.05, 0) is 47.9 Å². The van der Waals surface area contributed by atoms with Gasteiger partial charge in [-0.25, -0.2) is 0 Å². The maximum Gasteiger partial charge on any atom is 0.313 e. The van der Waals surface area contributed by atoms with E-state index in [0.717, 1.165) is 11.1 Å².